The fraction of sp³-hybridized carbons (Fsp3) is 0.476. The Hall–Kier alpha value is -2.63. The Bertz CT molecular complexity index is 969. The molecule has 0 bridgehead atoms. The van der Waals surface area contributed by atoms with Crippen molar-refractivity contribution in [1.29, 1.82) is 0 Å². The van der Waals surface area contributed by atoms with Gasteiger partial charge in [0.1, 0.15) is 0 Å². The third-order valence-electron chi connectivity index (χ3n) is 5.08. The van der Waals surface area contributed by atoms with E-state index < -0.39 is 61.0 Å². The lowest BCUT2D eigenvalue weighted by atomic mass is 9.65. The number of nitrogens with one attached hydrogen (secondary N) is 1. The molecule has 1 aliphatic rings. The molecule has 1 amide bonds. The average Bonchev–Trinajstić information content (AvgIpc) is 3.01. The second-order valence-electron chi connectivity index (χ2n) is 8.47. The van der Waals surface area contributed by atoms with Gasteiger partial charge >= 0.3 is 25.0 Å². The van der Waals surface area contributed by atoms with Gasteiger partial charge in [0.25, 0.3) is 5.91 Å². The number of hydrogen-bond acceptors (Lipinski definition) is 7. The minimum absolute atomic E-state index is 0.0360. The maximum absolute atomic E-state index is 12.6. The van der Waals surface area contributed by atoms with Gasteiger partial charge in [-0.25, -0.2) is 0 Å². The summed E-state index contributed by atoms with van der Waals surface area (Å²) >= 11 is 11.9. The van der Waals surface area contributed by atoms with Crippen LogP contribution < -0.4 is 5.32 Å². The first kappa shape index (κ1) is 27.6. The van der Waals surface area contributed by atoms with E-state index in [9.17, 15) is 24.0 Å². The molecule has 0 aliphatic carbocycles. The van der Waals surface area contributed by atoms with Gasteiger partial charge in [-0.1, -0.05) is 37.0 Å². The number of hydrogen-bond donors (Lipinski definition) is 3. The van der Waals surface area contributed by atoms with Gasteiger partial charge in [0.05, 0.1) is 30.0 Å². The summed E-state index contributed by atoms with van der Waals surface area (Å²) < 4.78 is 10.8. The van der Waals surface area contributed by atoms with Crippen LogP contribution in [0.3, 0.4) is 0 Å². The Kier molecular flexibility index (Phi) is 9.49. The van der Waals surface area contributed by atoms with E-state index in [1.807, 2.05) is 13.8 Å². The van der Waals surface area contributed by atoms with Crippen molar-refractivity contribution < 1.29 is 43.5 Å². The lowest BCUT2D eigenvalue weighted by Crippen LogP contribution is -2.42. The molecule has 0 radical (unpaired) electrons. The van der Waals surface area contributed by atoms with E-state index >= 15 is 0 Å². The molecule has 0 unspecified atom stereocenters. The van der Waals surface area contributed by atoms with E-state index in [0.29, 0.717) is 11.4 Å². The highest BCUT2D eigenvalue weighted by molar-refractivity contribution is 6.51. The zero-order valence-electron chi connectivity index (χ0n) is 18.5. The second-order valence-corrected chi connectivity index (χ2v) is 9.31. The smallest absolute Gasteiger partial charge is 0.507 e. The zero-order chi connectivity index (χ0) is 25.6. The molecular weight excluding hydrogens is 492 g/mol. The van der Waals surface area contributed by atoms with Crippen molar-refractivity contribution in [3.05, 3.63) is 33.8 Å². The highest BCUT2D eigenvalue weighted by Gasteiger charge is 2.57. The molecule has 1 atom stereocenters. The van der Waals surface area contributed by atoms with Crippen LogP contribution in [0.4, 0.5) is 0 Å². The van der Waals surface area contributed by atoms with Crippen LogP contribution in [0, 0.1) is 5.92 Å². The molecule has 184 valence electrons. The Balaban J connectivity index is 2.10. The minimum atomic E-state index is -2.18. The van der Waals surface area contributed by atoms with Crippen molar-refractivity contribution in [2.75, 3.05) is 6.54 Å². The van der Waals surface area contributed by atoms with Crippen LogP contribution in [0.2, 0.25) is 15.9 Å². The summed E-state index contributed by atoms with van der Waals surface area (Å²) in [7, 11) is -1.31. The van der Waals surface area contributed by atoms with Crippen molar-refractivity contribution in [2.45, 2.75) is 50.9 Å². The summed E-state index contributed by atoms with van der Waals surface area (Å²) in [4.78, 5) is 59.9. The Morgan fingerprint density at radius 2 is 1.74 bits per heavy atom. The zero-order valence-corrected chi connectivity index (χ0v) is 20.0. The Labute approximate surface area is 206 Å². The number of carboxylic acids is 2. The summed E-state index contributed by atoms with van der Waals surface area (Å²) in [5.41, 5.74) is -2.08. The summed E-state index contributed by atoms with van der Waals surface area (Å²) in [6.45, 7) is 3.37. The topological polar surface area (TPSA) is 156 Å². The molecule has 1 fully saturated rings. The number of amides is 1. The number of carbonyl (C=O) groups excluding carboxylic acids is 3. The maximum Gasteiger partial charge on any atom is 0.531 e. The van der Waals surface area contributed by atoms with Gasteiger partial charge in [-0.3, -0.25) is 24.0 Å². The molecule has 10 nitrogen and oxygen atoms in total. The average molecular weight is 516 g/mol. The Morgan fingerprint density at radius 1 is 1.12 bits per heavy atom. The summed E-state index contributed by atoms with van der Waals surface area (Å²) in [5.74, 6) is -5.64. The molecule has 0 aromatic heterocycles. The normalized spacial score (nSPS) is 15.7. The summed E-state index contributed by atoms with van der Waals surface area (Å²) in [6.07, 6.45) is -1.61. The molecule has 1 heterocycles. The molecule has 34 heavy (non-hydrogen) atoms. The third-order valence-corrected chi connectivity index (χ3v) is 5.64. The van der Waals surface area contributed by atoms with Crippen molar-refractivity contribution >= 4 is 59.9 Å². The predicted molar refractivity (Wildman–Crippen MR) is 122 cm³/mol. The molecule has 0 saturated carbocycles. The van der Waals surface area contributed by atoms with Crippen molar-refractivity contribution in [2.24, 2.45) is 5.92 Å². The molecule has 1 aliphatic heterocycles. The standard InChI is InChI=1S/C21H24BCl2NO9/c1-11(2)5-12(22-33-20(32)21(34-22,8-17(27)28)9-18(29)30)6-14(26)10-25-19(31)15-7-13(23)3-4-16(15)24/h3-4,7,11-12H,5-6,8-10H2,1-2H3,(H,25,31)(H,27,28)(H,29,30)/t12-/m1/s1. The van der Waals surface area contributed by atoms with Crippen LogP contribution in [0.5, 0.6) is 0 Å². The highest BCUT2D eigenvalue weighted by Crippen LogP contribution is 2.38. The lowest BCUT2D eigenvalue weighted by Gasteiger charge is -2.23. The minimum Gasteiger partial charge on any atom is -0.507 e. The quantitative estimate of drug-likeness (QED) is 0.356. The molecule has 1 aromatic rings. The molecule has 13 heteroatoms. The van der Waals surface area contributed by atoms with Gasteiger partial charge < -0.3 is 24.8 Å². The van der Waals surface area contributed by atoms with Crippen molar-refractivity contribution in [3.63, 3.8) is 0 Å². The van der Waals surface area contributed by atoms with Crippen LogP contribution in [0.25, 0.3) is 0 Å². The first-order valence-corrected chi connectivity index (χ1v) is 11.2. The number of carboxylic acid groups (broad SMARTS) is 2. The van der Waals surface area contributed by atoms with Gasteiger partial charge in [-0.15, -0.1) is 0 Å². The Morgan fingerprint density at radius 3 is 2.29 bits per heavy atom. The largest absolute Gasteiger partial charge is 0.531 e. The first-order chi connectivity index (χ1) is 15.8. The number of carbonyl (C=O) groups is 5. The van der Waals surface area contributed by atoms with Crippen LogP contribution in [0.15, 0.2) is 18.2 Å². The van der Waals surface area contributed by atoms with Crippen LogP contribution in [-0.2, 0) is 28.5 Å². The van der Waals surface area contributed by atoms with Crippen LogP contribution >= 0.6 is 23.2 Å². The highest BCUT2D eigenvalue weighted by atomic mass is 35.5. The predicted octanol–water partition coefficient (Wildman–Crippen LogP) is 2.85. The van der Waals surface area contributed by atoms with Gasteiger partial charge in [-0.05, 0) is 30.5 Å². The van der Waals surface area contributed by atoms with Gasteiger partial charge in [0.15, 0.2) is 11.4 Å². The van der Waals surface area contributed by atoms with Crippen LogP contribution in [-0.4, -0.2) is 59.1 Å². The number of halogens is 2. The number of aliphatic carboxylic acids is 2. The maximum atomic E-state index is 12.6. The summed E-state index contributed by atoms with van der Waals surface area (Å²) in [5, 5.41) is 21.2. The van der Waals surface area contributed by atoms with E-state index in [2.05, 4.69) is 5.32 Å². The van der Waals surface area contributed by atoms with Crippen molar-refractivity contribution in [3.8, 4) is 0 Å². The van der Waals surface area contributed by atoms with E-state index in [1.54, 1.807) is 0 Å². The number of rotatable bonds is 12. The van der Waals surface area contributed by atoms with Gasteiger partial charge in [-0.2, -0.15) is 0 Å². The van der Waals surface area contributed by atoms with Crippen LogP contribution in [0.1, 0.15) is 49.9 Å². The molecule has 3 N–H and O–H groups in total. The fourth-order valence-corrected chi connectivity index (χ4v) is 4.06. The SMILES string of the molecule is CC(C)C[C@H](CC(=O)CNC(=O)c1cc(Cl)ccc1Cl)B1OC(=O)C(CC(=O)O)(CC(=O)O)O1. The number of benzene rings is 1. The fourth-order valence-electron chi connectivity index (χ4n) is 3.68. The lowest BCUT2D eigenvalue weighted by molar-refractivity contribution is -0.157. The van der Waals surface area contributed by atoms with Crippen molar-refractivity contribution in [1.82, 2.24) is 5.32 Å². The summed E-state index contributed by atoms with van der Waals surface area (Å²) in [6, 6.07) is 4.33. The van der Waals surface area contributed by atoms with Gasteiger partial charge in [0, 0.05) is 17.3 Å². The van der Waals surface area contributed by atoms with E-state index in [1.165, 1.54) is 18.2 Å². The van der Waals surface area contributed by atoms with E-state index in [-0.39, 0.29) is 29.5 Å². The second kappa shape index (κ2) is 11.7. The van der Waals surface area contributed by atoms with E-state index in [0.717, 1.165) is 0 Å². The molecule has 0 spiro atoms. The number of Topliss-reactive ketones (excluding diaryl/α,β-unsaturated/α-hetero) is 1. The third kappa shape index (κ3) is 7.44. The first-order valence-electron chi connectivity index (χ1n) is 10.4. The number of ketones is 1. The van der Waals surface area contributed by atoms with Gasteiger partial charge in [0.2, 0.25) is 0 Å². The molecule has 1 saturated heterocycles. The molecule has 1 aromatic carbocycles. The molecular formula is C21H24BCl2NO9. The monoisotopic (exact) mass is 515 g/mol. The van der Waals surface area contributed by atoms with E-state index in [4.69, 9.17) is 42.7 Å². The molecule has 2 rings (SSSR count).